The number of thiophene rings is 2. The third-order valence-corrected chi connectivity index (χ3v) is 10.0. The highest BCUT2D eigenvalue weighted by atomic mass is 32.1. The van der Waals surface area contributed by atoms with E-state index in [-0.39, 0.29) is 56.4 Å². The molecule has 2 heterocycles. The summed E-state index contributed by atoms with van der Waals surface area (Å²) < 4.78 is 55.0. The van der Waals surface area contributed by atoms with Crippen molar-refractivity contribution in [2.24, 2.45) is 11.8 Å². The van der Waals surface area contributed by atoms with Crippen LogP contribution in [-0.4, -0.2) is 60.1 Å². The average Bonchev–Trinajstić information content (AvgIpc) is 3.67. The van der Waals surface area contributed by atoms with Crippen molar-refractivity contribution in [3.8, 4) is 23.0 Å². The number of hydrogen-bond acceptors (Lipinski definition) is 10. The van der Waals surface area contributed by atoms with Gasteiger partial charge in [-0.2, -0.15) is 0 Å². The number of ketones is 2. The predicted molar refractivity (Wildman–Crippen MR) is 178 cm³/mol. The van der Waals surface area contributed by atoms with Crippen LogP contribution >= 0.6 is 22.7 Å². The van der Waals surface area contributed by atoms with Crippen LogP contribution in [0, 0.1) is 23.5 Å². The van der Waals surface area contributed by atoms with Crippen molar-refractivity contribution in [1.29, 1.82) is 0 Å². The van der Waals surface area contributed by atoms with Gasteiger partial charge >= 0.3 is 11.9 Å². The van der Waals surface area contributed by atoms with Crippen LogP contribution < -0.4 is 18.9 Å². The highest BCUT2D eigenvalue weighted by Gasteiger charge is 2.26. The number of aliphatic carboxylic acids is 2. The summed E-state index contributed by atoms with van der Waals surface area (Å²) in [6.45, 7) is 6.32. The first-order chi connectivity index (χ1) is 22.6. The first-order valence-corrected chi connectivity index (χ1v) is 16.7. The standard InChI is InChI=1S/C34H36F2O10S2/c1-15(33(39)40)9-21(37)27-11-19-25(47-27)13-23(43-5)31(29(19)35)45-17(3)7-8-18(4)46-32-24(44-6)14-26-20(30(32)36)12-28(48-26)22(38)10-16(2)34(41)42/h11-18H,7-10H2,1-6H3,(H,39,40)(H,41,42). The molecule has 0 aliphatic rings. The van der Waals surface area contributed by atoms with Crippen molar-refractivity contribution in [3.05, 3.63) is 45.7 Å². The van der Waals surface area contributed by atoms with Crippen LogP contribution in [0.4, 0.5) is 8.78 Å². The van der Waals surface area contributed by atoms with E-state index in [1.165, 1.54) is 40.2 Å². The summed E-state index contributed by atoms with van der Waals surface area (Å²) in [4.78, 5) is 48.1. The molecule has 0 spiro atoms. The summed E-state index contributed by atoms with van der Waals surface area (Å²) in [5.74, 6) is -6.21. The van der Waals surface area contributed by atoms with Gasteiger partial charge in [0.25, 0.3) is 0 Å². The van der Waals surface area contributed by atoms with E-state index in [2.05, 4.69) is 0 Å². The Morgan fingerprint density at radius 1 is 0.667 bits per heavy atom. The molecule has 0 aliphatic carbocycles. The summed E-state index contributed by atoms with van der Waals surface area (Å²) in [7, 11) is 2.73. The lowest BCUT2D eigenvalue weighted by atomic mass is 10.0. The monoisotopic (exact) mass is 706 g/mol. The molecule has 14 heteroatoms. The molecular formula is C34H36F2O10S2. The summed E-state index contributed by atoms with van der Waals surface area (Å²) >= 11 is 2.09. The highest BCUT2D eigenvalue weighted by molar-refractivity contribution is 7.21. The normalized spacial score (nSPS) is 13.9. The number of carbonyl (C=O) groups excluding carboxylic acids is 2. The number of ether oxygens (including phenoxy) is 4. The molecule has 0 radical (unpaired) electrons. The van der Waals surface area contributed by atoms with E-state index in [4.69, 9.17) is 29.2 Å². The maximum atomic E-state index is 15.7. The fourth-order valence-corrected chi connectivity index (χ4v) is 6.99. The van der Waals surface area contributed by atoms with E-state index in [0.29, 0.717) is 22.2 Å². The number of carboxylic acid groups (broad SMARTS) is 2. The van der Waals surface area contributed by atoms with E-state index in [1.54, 1.807) is 26.0 Å². The van der Waals surface area contributed by atoms with Crippen LogP contribution in [0.25, 0.3) is 20.2 Å². The maximum Gasteiger partial charge on any atom is 0.306 e. The van der Waals surface area contributed by atoms with Gasteiger partial charge in [0.15, 0.2) is 46.2 Å². The molecular weight excluding hydrogens is 670 g/mol. The van der Waals surface area contributed by atoms with Crippen LogP contribution in [0.2, 0.25) is 0 Å². The van der Waals surface area contributed by atoms with E-state index >= 15 is 8.78 Å². The summed E-state index contributed by atoms with van der Waals surface area (Å²) in [6, 6.07) is 5.91. The van der Waals surface area contributed by atoms with E-state index in [1.807, 2.05) is 0 Å². The molecule has 10 nitrogen and oxygen atoms in total. The summed E-state index contributed by atoms with van der Waals surface area (Å²) in [5, 5.41) is 18.6. The molecule has 0 fully saturated rings. The topological polar surface area (TPSA) is 146 Å². The highest BCUT2D eigenvalue weighted by Crippen LogP contribution is 2.42. The van der Waals surface area contributed by atoms with Gasteiger partial charge in [-0.1, -0.05) is 13.8 Å². The number of hydrogen-bond donors (Lipinski definition) is 2. The summed E-state index contributed by atoms with van der Waals surface area (Å²) in [6.07, 6.45) is -0.775. The van der Waals surface area contributed by atoms with Crippen LogP contribution in [0.3, 0.4) is 0 Å². The van der Waals surface area contributed by atoms with E-state index in [9.17, 15) is 19.2 Å². The minimum atomic E-state index is -1.10. The number of Topliss-reactive ketones (excluding diaryl/α,β-unsaturated/α-hetero) is 2. The van der Waals surface area contributed by atoms with Gasteiger partial charge < -0.3 is 29.2 Å². The van der Waals surface area contributed by atoms with E-state index < -0.39 is 59.2 Å². The van der Waals surface area contributed by atoms with Gasteiger partial charge in [0.2, 0.25) is 0 Å². The molecule has 0 saturated carbocycles. The lowest BCUT2D eigenvalue weighted by molar-refractivity contribution is -0.141. The largest absolute Gasteiger partial charge is 0.493 e. The second kappa shape index (κ2) is 15.3. The van der Waals surface area contributed by atoms with Crippen molar-refractivity contribution < 1.29 is 57.1 Å². The number of halogens is 2. The molecule has 0 bridgehead atoms. The third-order valence-electron chi connectivity index (χ3n) is 7.80. The molecule has 48 heavy (non-hydrogen) atoms. The Bertz CT molecular complexity index is 1730. The van der Waals surface area contributed by atoms with Crippen LogP contribution in [-0.2, 0) is 9.59 Å². The van der Waals surface area contributed by atoms with Gasteiger partial charge in [0, 0.05) is 45.1 Å². The SMILES string of the molecule is COc1cc2sc(C(=O)CC(C)C(=O)O)cc2c(F)c1OC(C)CCC(C)Oc1c(OC)cc2sc(C(=O)CC(C)C(=O)O)cc2c1F. The van der Waals surface area contributed by atoms with Gasteiger partial charge in [0.1, 0.15) is 0 Å². The molecule has 0 amide bonds. The molecule has 4 atom stereocenters. The van der Waals surface area contributed by atoms with E-state index in [0.717, 1.165) is 22.7 Å². The Balaban J connectivity index is 1.46. The lowest BCUT2D eigenvalue weighted by Crippen LogP contribution is -2.19. The number of benzene rings is 2. The predicted octanol–water partition coefficient (Wildman–Crippen LogP) is 8.01. The summed E-state index contributed by atoms with van der Waals surface area (Å²) in [5.41, 5.74) is 0. The second-order valence-electron chi connectivity index (χ2n) is 11.7. The first-order valence-electron chi connectivity index (χ1n) is 15.1. The Morgan fingerprint density at radius 2 is 1.02 bits per heavy atom. The van der Waals surface area contributed by atoms with Crippen molar-refractivity contribution in [2.45, 2.75) is 65.6 Å². The fraction of sp³-hybridized carbons (Fsp3) is 0.412. The second-order valence-corrected chi connectivity index (χ2v) is 13.8. The molecule has 2 aromatic heterocycles. The van der Waals surface area contributed by atoms with Crippen LogP contribution in [0.1, 0.15) is 72.7 Å². The molecule has 0 saturated heterocycles. The zero-order chi connectivity index (χ0) is 35.4. The van der Waals surface area contributed by atoms with Gasteiger partial charge in [0.05, 0.1) is 48.0 Å². The maximum absolute atomic E-state index is 15.7. The number of rotatable bonds is 17. The van der Waals surface area contributed by atoms with Gasteiger partial charge in [-0.3, -0.25) is 19.2 Å². The van der Waals surface area contributed by atoms with Gasteiger partial charge in [-0.05, 0) is 38.8 Å². The third kappa shape index (κ3) is 8.04. The van der Waals surface area contributed by atoms with Crippen LogP contribution in [0.15, 0.2) is 24.3 Å². The Labute approximate surface area is 283 Å². The number of methoxy groups -OCH3 is 2. The van der Waals surface area contributed by atoms with Crippen molar-refractivity contribution in [1.82, 2.24) is 0 Å². The quantitative estimate of drug-likeness (QED) is 0.104. The molecule has 0 aliphatic heterocycles. The molecule has 4 unspecified atom stereocenters. The fourth-order valence-electron chi connectivity index (χ4n) is 4.92. The Morgan fingerprint density at radius 3 is 1.33 bits per heavy atom. The van der Waals surface area contributed by atoms with Gasteiger partial charge in [-0.25, -0.2) is 8.78 Å². The van der Waals surface area contributed by atoms with Crippen molar-refractivity contribution >= 4 is 66.4 Å². The van der Waals surface area contributed by atoms with Crippen molar-refractivity contribution in [2.75, 3.05) is 14.2 Å². The molecule has 258 valence electrons. The zero-order valence-electron chi connectivity index (χ0n) is 27.2. The lowest BCUT2D eigenvalue weighted by Gasteiger charge is -2.21. The first kappa shape index (κ1) is 36.5. The number of carboxylic acids is 2. The average molecular weight is 707 g/mol. The Hall–Kier alpha value is -4.30. The van der Waals surface area contributed by atoms with Crippen LogP contribution in [0.5, 0.6) is 23.0 Å². The Kier molecular flexibility index (Phi) is 11.6. The zero-order valence-corrected chi connectivity index (χ0v) is 28.8. The van der Waals surface area contributed by atoms with Crippen molar-refractivity contribution in [3.63, 3.8) is 0 Å². The molecule has 4 rings (SSSR count). The minimum Gasteiger partial charge on any atom is -0.493 e. The smallest absolute Gasteiger partial charge is 0.306 e. The molecule has 2 aromatic carbocycles. The molecule has 4 aromatic rings. The number of carbonyl (C=O) groups is 4. The number of fused-ring (bicyclic) bond motifs is 2. The minimum absolute atomic E-state index is 0.127. The van der Waals surface area contributed by atoms with Gasteiger partial charge in [-0.15, -0.1) is 22.7 Å². The molecule has 2 N–H and O–H groups in total.